The number of nitrogens with one attached hydrogen (secondary N) is 1. The lowest BCUT2D eigenvalue weighted by molar-refractivity contribution is 0.0946. The molecule has 1 N–H and O–H groups in total. The molecule has 0 aliphatic heterocycles. The molecular formula is C16H12F2N4O2S. The number of halogens is 2. The number of carbonyl (C=O) groups is 1. The minimum Gasteiger partial charge on any atom is -0.345 e. The quantitative estimate of drug-likeness (QED) is 0.703. The highest BCUT2D eigenvalue weighted by atomic mass is 32.2. The van der Waals surface area contributed by atoms with Gasteiger partial charge in [-0.05, 0) is 30.5 Å². The summed E-state index contributed by atoms with van der Waals surface area (Å²) in [5, 5.41) is 6.83. The fourth-order valence-corrected chi connectivity index (χ4v) is 2.66. The van der Waals surface area contributed by atoms with Crippen molar-refractivity contribution in [1.82, 2.24) is 20.4 Å². The number of amides is 1. The van der Waals surface area contributed by atoms with Crippen LogP contribution < -0.4 is 5.32 Å². The van der Waals surface area contributed by atoms with Crippen molar-refractivity contribution in [3.05, 3.63) is 59.6 Å². The van der Waals surface area contributed by atoms with Crippen LogP contribution in [0.2, 0.25) is 0 Å². The van der Waals surface area contributed by atoms with Gasteiger partial charge in [-0.3, -0.25) is 4.79 Å². The number of benzene rings is 1. The van der Waals surface area contributed by atoms with Crippen molar-refractivity contribution in [3.8, 4) is 11.5 Å². The van der Waals surface area contributed by atoms with Crippen molar-refractivity contribution in [3.63, 3.8) is 0 Å². The second-order valence-corrected chi connectivity index (χ2v) is 5.65. The topological polar surface area (TPSA) is 80.9 Å². The summed E-state index contributed by atoms with van der Waals surface area (Å²) in [7, 11) is 0. The maximum Gasteiger partial charge on any atom is 0.263 e. The summed E-state index contributed by atoms with van der Waals surface area (Å²) in [5.41, 5.74) is 0.0170. The van der Waals surface area contributed by atoms with E-state index in [1.807, 2.05) is 6.26 Å². The predicted molar refractivity (Wildman–Crippen MR) is 86.8 cm³/mol. The molecule has 9 heteroatoms. The van der Waals surface area contributed by atoms with Crippen LogP contribution >= 0.6 is 11.8 Å². The molecule has 0 saturated heterocycles. The molecule has 2 aromatic heterocycles. The normalized spacial score (nSPS) is 10.7. The van der Waals surface area contributed by atoms with Gasteiger partial charge in [0, 0.05) is 6.20 Å². The molecular weight excluding hydrogens is 350 g/mol. The van der Waals surface area contributed by atoms with E-state index in [4.69, 9.17) is 4.52 Å². The molecule has 0 saturated carbocycles. The molecule has 3 aromatic rings. The van der Waals surface area contributed by atoms with E-state index >= 15 is 0 Å². The largest absolute Gasteiger partial charge is 0.345 e. The summed E-state index contributed by atoms with van der Waals surface area (Å²) in [6.45, 7) is -0.0544. The number of hydrogen-bond acceptors (Lipinski definition) is 6. The van der Waals surface area contributed by atoms with Gasteiger partial charge in [-0.1, -0.05) is 11.2 Å². The fraction of sp³-hybridized carbons (Fsp3) is 0.125. The Labute approximate surface area is 145 Å². The number of rotatable bonds is 5. The molecule has 0 unspecified atom stereocenters. The molecule has 128 valence electrons. The Morgan fingerprint density at radius 1 is 1.24 bits per heavy atom. The zero-order valence-electron chi connectivity index (χ0n) is 13.0. The third-order valence-corrected chi connectivity index (χ3v) is 3.97. The van der Waals surface area contributed by atoms with E-state index in [2.05, 4.69) is 20.4 Å². The number of carbonyl (C=O) groups excluding carboxylic acids is 1. The average Bonchev–Trinajstić information content (AvgIpc) is 3.08. The number of hydrogen-bond donors (Lipinski definition) is 1. The third-order valence-electron chi connectivity index (χ3n) is 3.26. The van der Waals surface area contributed by atoms with Crippen molar-refractivity contribution in [2.75, 3.05) is 6.26 Å². The van der Waals surface area contributed by atoms with Gasteiger partial charge in [-0.15, -0.1) is 11.8 Å². The van der Waals surface area contributed by atoms with Gasteiger partial charge in [0.1, 0.15) is 22.2 Å². The summed E-state index contributed by atoms with van der Waals surface area (Å²) in [6.07, 6.45) is 3.41. The summed E-state index contributed by atoms with van der Waals surface area (Å²) in [5.74, 6) is -2.16. The van der Waals surface area contributed by atoms with Crippen LogP contribution in [0.25, 0.3) is 11.5 Å². The van der Waals surface area contributed by atoms with Crippen LogP contribution in [-0.4, -0.2) is 27.3 Å². The first-order valence-corrected chi connectivity index (χ1v) is 8.36. The molecule has 0 atom stereocenters. The minimum atomic E-state index is -0.806. The van der Waals surface area contributed by atoms with E-state index in [0.717, 1.165) is 12.1 Å². The Bertz CT molecular complexity index is 896. The highest BCUT2D eigenvalue weighted by Crippen LogP contribution is 2.24. The predicted octanol–water partition coefficient (Wildman–Crippen LogP) is 3.06. The van der Waals surface area contributed by atoms with Crippen LogP contribution in [0.1, 0.15) is 16.2 Å². The second-order valence-electron chi connectivity index (χ2n) is 4.86. The van der Waals surface area contributed by atoms with Gasteiger partial charge in [0.15, 0.2) is 5.82 Å². The summed E-state index contributed by atoms with van der Waals surface area (Å²) >= 11 is 1.34. The van der Waals surface area contributed by atoms with Crippen molar-refractivity contribution < 1.29 is 18.1 Å². The Balaban J connectivity index is 1.73. The van der Waals surface area contributed by atoms with Crippen molar-refractivity contribution in [2.45, 2.75) is 11.6 Å². The molecule has 3 rings (SSSR count). The number of pyridine rings is 1. The van der Waals surface area contributed by atoms with E-state index in [9.17, 15) is 13.6 Å². The van der Waals surface area contributed by atoms with E-state index in [-0.39, 0.29) is 24.2 Å². The molecule has 0 aliphatic rings. The molecule has 6 nitrogen and oxygen atoms in total. The maximum absolute atomic E-state index is 13.7. The molecule has 0 radical (unpaired) electrons. The number of nitrogens with zero attached hydrogens (tertiary/aromatic N) is 3. The molecule has 0 aliphatic carbocycles. The van der Waals surface area contributed by atoms with E-state index in [1.165, 1.54) is 17.8 Å². The standard InChI is InChI=1S/C16H12F2N4O2S/c1-25-16-9(4-3-7-19-16)14(23)20-8-12-21-15(24-22-12)13-10(17)5-2-6-11(13)18/h2-7H,8H2,1H3,(H,20,23). The lowest BCUT2D eigenvalue weighted by Gasteiger charge is -2.05. The zero-order chi connectivity index (χ0) is 17.8. The molecule has 0 bridgehead atoms. The summed E-state index contributed by atoms with van der Waals surface area (Å²) in [6, 6.07) is 6.72. The summed E-state index contributed by atoms with van der Waals surface area (Å²) in [4.78, 5) is 20.2. The fourth-order valence-electron chi connectivity index (χ4n) is 2.11. The Kier molecular flexibility index (Phi) is 5.03. The lowest BCUT2D eigenvalue weighted by atomic mass is 10.2. The highest BCUT2D eigenvalue weighted by Gasteiger charge is 2.18. The van der Waals surface area contributed by atoms with Gasteiger partial charge < -0.3 is 9.84 Å². The van der Waals surface area contributed by atoms with Crippen molar-refractivity contribution in [1.29, 1.82) is 0 Å². The van der Waals surface area contributed by atoms with Crippen LogP contribution in [0.5, 0.6) is 0 Å². The van der Waals surface area contributed by atoms with Crippen LogP contribution in [0.3, 0.4) is 0 Å². The van der Waals surface area contributed by atoms with Crippen molar-refractivity contribution >= 4 is 17.7 Å². The number of thioether (sulfide) groups is 1. The molecule has 0 spiro atoms. The SMILES string of the molecule is CSc1ncccc1C(=O)NCc1noc(-c2c(F)cccc2F)n1. The smallest absolute Gasteiger partial charge is 0.263 e. The Morgan fingerprint density at radius 2 is 2.00 bits per heavy atom. The average molecular weight is 362 g/mol. The van der Waals surface area contributed by atoms with Gasteiger partial charge in [0.2, 0.25) is 0 Å². The first-order chi connectivity index (χ1) is 12.1. The van der Waals surface area contributed by atoms with Gasteiger partial charge in [0.25, 0.3) is 11.8 Å². The van der Waals surface area contributed by atoms with E-state index in [1.54, 1.807) is 18.3 Å². The third kappa shape index (κ3) is 3.66. The molecule has 25 heavy (non-hydrogen) atoms. The summed E-state index contributed by atoms with van der Waals surface area (Å²) < 4.78 is 32.3. The number of aromatic nitrogens is 3. The van der Waals surface area contributed by atoms with Crippen LogP contribution in [-0.2, 0) is 6.54 Å². The van der Waals surface area contributed by atoms with Crippen LogP contribution in [0.15, 0.2) is 46.1 Å². The van der Waals surface area contributed by atoms with Crippen LogP contribution in [0, 0.1) is 11.6 Å². The van der Waals surface area contributed by atoms with Gasteiger partial charge in [-0.2, -0.15) is 4.98 Å². The minimum absolute atomic E-state index is 0.0544. The zero-order valence-corrected chi connectivity index (χ0v) is 13.8. The second kappa shape index (κ2) is 7.39. The first kappa shape index (κ1) is 17.0. The van der Waals surface area contributed by atoms with Crippen LogP contribution in [0.4, 0.5) is 8.78 Å². The molecule has 1 aromatic carbocycles. The maximum atomic E-state index is 13.7. The first-order valence-electron chi connectivity index (χ1n) is 7.14. The Morgan fingerprint density at radius 3 is 2.72 bits per heavy atom. The van der Waals surface area contributed by atoms with E-state index < -0.39 is 17.2 Å². The van der Waals surface area contributed by atoms with E-state index in [0.29, 0.717) is 10.6 Å². The monoisotopic (exact) mass is 362 g/mol. The van der Waals surface area contributed by atoms with Gasteiger partial charge >= 0.3 is 0 Å². The van der Waals surface area contributed by atoms with Gasteiger partial charge in [-0.25, -0.2) is 13.8 Å². The highest BCUT2D eigenvalue weighted by molar-refractivity contribution is 7.98. The molecule has 0 fully saturated rings. The molecule has 1 amide bonds. The Hall–Kier alpha value is -2.81. The lowest BCUT2D eigenvalue weighted by Crippen LogP contribution is -2.24. The molecule has 2 heterocycles. The van der Waals surface area contributed by atoms with Crippen molar-refractivity contribution in [2.24, 2.45) is 0 Å². The van der Waals surface area contributed by atoms with Gasteiger partial charge in [0.05, 0.1) is 12.1 Å².